The van der Waals surface area contributed by atoms with E-state index >= 15 is 0 Å². The van der Waals surface area contributed by atoms with Crippen LogP contribution in [0.4, 0.5) is 0 Å². The van der Waals surface area contributed by atoms with E-state index < -0.39 is 29.5 Å². The molecule has 49 heavy (non-hydrogen) atoms. The van der Waals surface area contributed by atoms with Crippen LogP contribution >= 0.6 is 0 Å². The highest BCUT2D eigenvalue weighted by atomic mass is 16.6. The Balaban J connectivity index is 1.29. The molecule has 1 aromatic carbocycles. The van der Waals surface area contributed by atoms with Crippen LogP contribution in [0.2, 0.25) is 0 Å². The summed E-state index contributed by atoms with van der Waals surface area (Å²) in [5, 5.41) is 9.83. The van der Waals surface area contributed by atoms with Crippen molar-refractivity contribution in [2.45, 2.75) is 77.1 Å². The first kappa shape index (κ1) is 36.0. The SMILES string of the molecule is CC(C)C[C@H](CC(=O)[C@H](CCc1ccccc1)NC(=O)c1cc(CN2CCOCC2)on1)C(=O)N[C@@H](Cc1ccncc1)C(=O)[C@@]1(C)CO1. The summed E-state index contributed by atoms with van der Waals surface area (Å²) in [6.07, 6.45) is 4.76. The third kappa shape index (κ3) is 10.6. The number of morpholine rings is 1. The highest BCUT2D eigenvalue weighted by molar-refractivity contribution is 5.99. The fraction of sp³-hybridized carbons (Fsp3) is 0.514. The van der Waals surface area contributed by atoms with Crippen molar-refractivity contribution in [2.24, 2.45) is 11.8 Å². The van der Waals surface area contributed by atoms with Gasteiger partial charge in [0.2, 0.25) is 5.91 Å². The lowest BCUT2D eigenvalue weighted by Crippen LogP contribution is -2.50. The number of ketones is 2. The van der Waals surface area contributed by atoms with Gasteiger partial charge in [-0.05, 0) is 61.8 Å². The summed E-state index contributed by atoms with van der Waals surface area (Å²) in [5.74, 6) is -1.44. The number of hydrogen-bond donors (Lipinski definition) is 2. The molecule has 4 atom stereocenters. The van der Waals surface area contributed by atoms with Crippen molar-refractivity contribution in [2.75, 3.05) is 32.9 Å². The van der Waals surface area contributed by atoms with E-state index in [0.29, 0.717) is 51.4 Å². The Morgan fingerprint density at radius 3 is 2.35 bits per heavy atom. The first-order valence-electron chi connectivity index (χ1n) is 17.1. The minimum atomic E-state index is -0.940. The minimum absolute atomic E-state index is 0.0884. The Kier molecular flexibility index (Phi) is 12.4. The number of pyridine rings is 1. The van der Waals surface area contributed by atoms with Gasteiger partial charge < -0.3 is 24.6 Å². The van der Waals surface area contributed by atoms with Crippen LogP contribution < -0.4 is 10.6 Å². The second kappa shape index (κ2) is 16.9. The molecule has 2 aliphatic rings. The molecule has 12 heteroatoms. The van der Waals surface area contributed by atoms with Gasteiger partial charge in [0.1, 0.15) is 5.60 Å². The molecule has 3 aromatic rings. The van der Waals surface area contributed by atoms with Crippen LogP contribution in [0.3, 0.4) is 0 Å². The van der Waals surface area contributed by atoms with Gasteiger partial charge in [0.15, 0.2) is 23.0 Å². The summed E-state index contributed by atoms with van der Waals surface area (Å²) >= 11 is 0. The van der Waals surface area contributed by atoms with Crippen molar-refractivity contribution in [3.8, 4) is 0 Å². The number of carbonyl (C=O) groups is 4. The van der Waals surface area contributed by atoms with Crippen LogP contribution in [0.25, 0.3) is 0 Å². The zero-order valence-electron chi connectivity index (χ0n) is 28.6. The van der Waals surface area contributed by atoms with Crippen molar-refractivity contribution in [1.29, 1.82) is 0 Å². The molecule has 12 nitrogen and oxygen atoms in total. The van der Waals surface area contributed by atoms with Gasteiger partial charge >= 0.3 is 0 Å². The second-order valence-electron chi connectivity index (χ2n) is 13.6. The molecule has 0 bridgehead atoms. The van der Waals surface area contributed by atoms with Crippen molar-refractivity contribution < 1.29 is 33.2 Å². The largest absolute Gasteiger partial charge is 0.379 e. The maximum Gasteiger partial charge on any atom is 0.274 e. The number of carbonyl (C=O) groups excluding carboxylic acids is 4. The van der Waals surface area contributed by atoms with Crippen molar-refractivity contribution in [3.05, 3.63) is 83.5 Å². The molecule has 0 spiro atoms. The topological polar surface area (TPSA) is 156 Å². The minimum Gasteiger partial charge on any atom is -0.379 e. The van der Waals surface area contributed by atoms with E-state index in [-0.39, 0.29) is 41.9 Å². The molecule has 2 fully saturated rings. The molecule has 2 saturated heterocycles. The third-order valence-corrected chi connectivity index (χ3v) is 9.03. The van der Waals surface area contributed by atoms with E-state index in [0.717, 1.165) is 24.2 Å². The highest BCUT2D eigenvalue weighted by Gasteiger charge is 2.50. The van der Waals surface area contributed by atoms with E-state index in [9.17, 15) is 19.2 Å². The molecule has 0 radical (unpaired) electrons. The normalized spacial score (nSPS) is 19.5. The average molecular weight is 674 g/mol. The van der Waals surface area contributed by atoms with Crippen LogP contribution in [0.5, 0.6) is 0 Å². The van der Waals surface area contributed by atoms with Crippen LogP contribution in [-0.2, 0) is 43.2 Å². The molecule has 262 valence electrons. The standard InChI is InChI=1S/C37H47N5O7/c1-25(2)19-28(35(45)40-31(34(44)37(3)24-48-37)20-27-11-13-38-14-12-27)21-33(43)30(10-9-26-7-5-4-6-8-26)39-36(46)32-22-29(49-41-32)23-42-15-17-47-18-16-42/h4-8,11-14,22,25,28,30-31H,9-10,15-21,23-24H2,1-3H3,(H,39,46)(H,40,45)/t28-,30+,31+,37-/m1/s1. The lowest BCUT2D eigenvalue weighted by atomic mass is 9.87. The molecule has 2 aromatic heterocycles. The van der Waals surface area contributed by atoms with Gasteiger partial charge in [-0.25, -0.2) is 0 Å². The molecule has 2 aliphatic heterocycles. The summed E-state index contributed by atoms with van der Waals surface area (Å²) in [5.41, 5.74) is 1.02. The summed E-state index contributed by atoms with van der Waals surface area (Å²) in [4.78, 5) is 61.0. The number of amides is 2. The average Bonchev–Trinajstić information content (AvgIpc) is 3.68. The molecular weight excluding hydrogens is 626 g/mol. The second-order valence-corrected chi connectivity index (χ2v) is 13.6. The summed E-state index contributed by atoms with van der Waals surface area (Å²) in [6.45, 7) is 9.28. The summed E-state index contributed by atoms with van der Waals surface area (Å²) in [7, 11) is 0. The van der Waals surface area contributed by atoms with Gasteiger partial charge in [0.05, 0.1) is 38.4 Å². The number of aryl methyl sites for hydroxylation is 1. The van der Waals surface area contributed by atoms with Crippen molar-refractivity contribution in [1.82, 2.24) is 25.7 Å². The predicted molar refractivity (Wildman–Crippen MR) is 180 cm³/mol. The first-order chi connectivity index (χ1) is 23.6. The van der Waals surface area contributed by atoms with Gasteiger partial charge in [-0.15, -0.1) is 0 Å². The molecule has 5 rings (SSSR count). The van der Waals surface area contributed by atoms with E-state index in [4.69, 9.17) is 14.0 Å². The molecule has 0 aliphatic carbocycles. The van der Waals surface area contributed by atoms with Gasteiger partial charge in [-0.3, -0.25) is 29.1 Å². The fourth-order valence-electron chi connectivity index (χ4n) is 6.09. The lowest BCUT2D eigenvalue weighted by molar-refractivity contribution is -0.134. The molecule has 2 amide bonds. The number of epoxide rings is 1. The monoisotopic (exact) mass is 673 g/mol. The third-order valence-electron chi connectivity index (χ3n) is 9.03. The highest BCUT2D eigenvalue weighted by Crippen LogP contribution is 2.29. The molecule has 4 heterocycles. The zero-order valence-corrected chi connectivity index (χ0v) is 28.6. The van der Waals surface area contributed by atoms with E-state index in [1.807, 2.05) is 44.2 Å². The number of nitrogens with one attached hydrogen (secondary N) is 2. The maximum absolute atomic E-state index is 14.0. The van der Waals surface area contributed by atoms with Crippen LogP contribution in [0.15, 0.2) is 65.4 Å². The Morgan fingerprint density at radius 2 is 1.67 bits per heavy atom. The number of hydrogen-bond acceptors (Lipinski definition) is 10. The summed E-state index contributed by atoms with van der Waals surface area (Å²) in [6, 6.07) is 13.2. The number of Topliss-reactive ketones (excluding diaryl/α,β-unsaturated/α-hetero) is 2. The van der Waals surface area contributed by atoms with E-state index in [2.05, 4.69) is 25.7 Å². The number of aromatic nitrogens is 2. The van der Waals surface area contributed by atoms with Gasteiger partial charge in [0, 0.05) is 43.9 Å². The Bertz CT molecular complexity index is 1550. The fourth-order valence-corrected chi connectivity index (χ4v) is 6.09. The molecular formula is C37H47N5O7. The van der Waals surface area contributed by atoms with Gasteiger partial charge in [0.25, 0.3) is 5.91 Å². The molecule has 0 unspecified atom stereocenters. The Hall–Kier alpha value is -4.26. The first-order valence-corrected chi connectivity index (χ1v) is 17.1. The van der Waals surface area contributed by atoms with Crippen molar-refractivity contribution in [3.63, 3.8) is 0 Å². The van der Waals surface area contributed by atoms with Crippen LogP contribution in [-0.4, -0.2) is 89.0 Å². The smallest absolute Gasteiger partial charge is 0.274 e. The number of nitrogens with zero attached hydrogens (tertiary/aromatic N) is 3. The van der Waals surface area contributed by atoms with Gasteiger partial charge in [-0.2, -0.15) is 0 Å². The number of benzene rings is 1. The number of rotatable bonds is 18. The summed E-state index contributed by atoms with van der Waals surface area (Å²) < 4.78 is 16.3. The predicted octanol–water partition coefficient (Wildman–Crippen LogP) is 3.34. The molecule has 2 N–H and O–H groups in total. The van der Waals surface area contributed by atoms with E-state index in [1.165, 1.54) is 0 Å². The Labute approximate surface area is 287 Å². The van der Waals surface area contributed by atoms with E-state index in [1.54, 1.807) is 37.5 Å². The molecule has 0 saturated carbocycles. The maximum atomic E-state index is 14.0. The Morgan fingerprint density at radius 1 is 0.959 bits per heavy atom. The van der Waals surface area contributed by atoms with Crippen LogP contribution in [0, 0.1) is 11.8 Å². The van der Waals surface area contributed by atoms with Crippen LogP contribution in [0.1, 0.15) is 67.4 Å². The van der Waals surface area contributed by atoms with Crippen molar-refractivity contribution >= 4 is 23.4 Å². The lowest BCUT2D eigenvalue weighted by Gasteiger charge is -2.25. The number of ether oxygens (including phenoxy) is 2. The quantitative estimate of drug-likeness (QED) is 0.192. The zero-order chi connectivity index (χ0) is 34.8. The van der Waals surface area contributed by atoms with Gasteiger partial charge in [-0.1, -0.05) is 49.3 Å².